The van der Waals surface area contributed by atoms with E-state index in [-0.39, 0.29) is 17.6 Å². The molecule has 31 heavy (non-hydrogen) atoms. The zero-order valence-electron chi connectivity index (χ0n) is 16.8. The van der Waals surface area contributed by atoms with Crippen LogP contribution < -0.4 is 15.7 Å². The average Bonchev–Trinajstić information content (AvgIpc) is 3.14. The first kappa shape index (κ1) is 24.7. The van der Waals surface area contributed by atoms with Gasteiger partial charge in [-0.15, -0.1) is 4.52 Å². The molecule has 2 unspecified atom stereocenters. The van der Waals surface area contributed by atoms with Crippen LogP contribution in [0.3, 0.4) is 0 Å². The molecule has 14 nitrogen and oxygen atoms in total. The van der Waals surface area contributed by atoms with E-state index in [1.54, 1.807) is 0 Å². The minimum atomic E-state index is -2.81. The van der Waals surface area contributed by atoms with Crippen LogP contribution in [0.4, 0.5) is 10.9 Å². The van der Waals surface area contributed by atoms with E-state index < -0.39 is 55.0 Å². The Hall–Kier alpha value is -2.55. The van der Waals surface area contributed by atoms with Gasteiger partial charge >= 0.3 is 20.1 Å². The predicted octanol–water partition coefficient (Wildman–Crippen LogP) is -0.0904. The van der Waals surface area contributed by atoms with Crippen molar-refractivity contribution in [1.29, 1.82) is 0 Å². The fourth-order valence-corrected chi connectivity index (χ4v) is 3.90. The SMILES string of the molecule is C[C@H]1[C@H](NC(=O)C=NOC(C)(C)C(=O)O)C(=O)[N+]1(O[P+](=O)OCCO)c1csc(N)n1. The Bertz CT molecular complexity index is 907. The number of nitrogens with one attached hydrogen (secondary N) is 1. The number of carbonyl (C=O) groups is 3. The van der Waals surface area contributed by atoms with Gasteiger partial charge in [0.2, 0.25) is 11.6 Å². The number of nitrogens with zero attached hydrogens (tertiary/aromatic N) is 3. The predicted molar refractivity (Wildman–Crippen MR) is 108 cm³/mol. The van der Waals surface area contributed by atoms with Gasteiger partial charge in [-0.2, -0.15) is 4.98 Å². The van der Waals surface area contributed by atoms with Crippen molar-refractivity contribution in [2.45, 2.75) is 38.5 Å². The Morgan fingerprint density at radius 1 is 1.52 bits per heavy atom. The van der Waals surface area contributed by atoms with Crippen molar-refractivity contribution in [3.8, 4) is 0 Å². The molecule has 1 aromatic heterocycles. The molecule has 0 bridgehead atoms. The largest absolute Gasteiger partial charge is 0.751 e. The number of quaternary nitrogens is 1. The van der Waals surface area contributed by atoms with Crippen LogP contribution in [-0.4, -0.2) is 70.1 Å². The number of rotatable bonds is 11. The molecule has 2 amide bonds. The topological polar surface area (TPSA) is 200 Å². The summed E-state index contributed by atoms with van der Waals surface area (Å²) in [6, 6.07) is -1.87. The van der Waals surface area contributed by atoms with Crippen LogP contribution in [-0.2, 0) is 32.9 Å². The molecule has 0 radical (unpaired) electrons. The number of oxime groups is 1. The van der Waals surface area contributed by atoms with Crippen LogP contribution in [0.5, 0.6) is 0 Å². The highest BCUT2D eigenvalue weighted by Crippen LogP contribution is 2.44. The van der Waals surface area contributed by atoms with E-state index in [2.05, 4.69) is 15.5 Å². The lowest BCUT2D eigenvalue weighted by atomic mass is 9.95. The van der Waals surface area contributed by atoms with Crippen molar-refractivity contribution in [3.63, 3.8) is 0 Å². The normalized spacial score (nSPS) is 24.0. The van der Waals surface area contributed by atoms with Gasteiger partial charge in [0.25, 0.3) is 11.7 Å². The van der Waals surface area contributed by atoms with Gasteiger partial charge in [-0.05, 0) is 25.4 Å². The third-order valence-corrected chi connectivity index (χ3v) is 5.69. The van der Waals surface area contributed by atoms with Gasteiger partial charge in [0.1, 0.15) is 17.4 Å². The highest BCUT2D eigenvalue weighted by atomic mass is 32.1. The summed E-state index contributed by atoms with van der Waals surface area (Å²) in [7, 11) is -2.81. The van der Waals surface area contributed by atoms with Gasteiger partial charge in [-0.25, -0.2) is 9.59 Å². The Labute approximate surface area is 181 Å². The summed E-state index contributed by atoms with van der Waals surface area (Å²) >= 11 is 1.03. The van der Waals surface area contributed by atoms with Gasteiger partial charge in [0, 0.05) is 4.57 Å². The summed E-state index contributed by atoms with van der Waals surface area (Å²) < 4.78 is 21.3. The summed E-state index contributed by atoms with van der Waals surface area (Å²) in [5.74, 6) is -2.76. The van der Waals surface area contributed by atoms with Gasteiger partial charge in [-0.1, -0.05) is 16.5 Å². The lowest BCUT2D eigenvalue weighted by Gasteiger charge is -2.42. The molecule has 4 atom stereocenters. The highest BCUT2D eigenvalue weighted by molar-refractivity contribution is 7.33. The second-order valence-electron chi connectivity index (χ2n) is 6.77. The molecule has 1 aromatic rings. The molecule has 0 aliphatic carbocycles. The molecule has 1 fully saturated rings. The number of hydroxylamine groups is 2. The molecule has 2 heterocycles. The van der Waals surface area contributed by atoms with E-state index in [9.17, 15) is 18.9 Å². The zero-order chi connectivity index (χ0) is 23.4. The van der Waals surface area contributed by atoms with Crippen LogP contribution in [0.2, 0.25) is 0 Å². The number of aliphatic hydroxyl groups is 1. The zero-order valence-corrected chi connectivity index (χ0v) is 18.5. The number of thiazole rings is 1. The number of amides is 2. The van der Waals surface area contributed by atoms with Crippen molar-refractivity contribution in [3.05, 3.63) is 5.38 Å². The molecular formula is C15H22N5O9PS+2. The number of hydrogen-bond acceptors (Lipinski definition) is 12. The minimum Gasteiger partial charge on any atom is -0.478 e. The van der Waals surface area contributed by atoms with E-state index in [4.69, 9.17) is 29.9 Å². The maximum absolute atomic E-state index is 12.9. The Balaban J connectivity index is 2.13. The summed E-state index contributed by atoms with van der Waals surface area (Å²) in [5, 5.41) is 25.0. The standard InChI is InChI=1S/C15H20N5O9PS/c1-8-11(19-10(22)6-17-28-15(2,3)13(24)25)12(23)20(8,9-7-31-14(16)18-9)29-30(26)27-5-4-21/h6-8,11,21H,4-5H2,1-3H3,(H2-2,16,18,19,22,24,25)/p+2/t8-,11-,20?/m0/s1. The lowest BCUT2D eigenvalue weighted by molar-refractivity contribution is -0.192. The smallest absolute Gasteiger partial charge is 0.478 e. The lowest BCUT2D eigenvalue weighted by Crippen LogP contribution is -2.81. The third kappa shape index (κ3) is 5.20. The van der Waals surface area contributed by atoms with Crippen LogP contribution in [0.25, 0.3) is 0 Å². The fourth-order valence-electron chi connectivity index (χ4n) is 2.51. The number of aliphatic carboxylic acids is 1. The van der Waals surface area contributed by atoms with E-state index in [1.807, 2.05) is 0 Å². The summed E-state index contributed by atoms with van der Waals surface area (Å²) in [6.45, 7) is 3.34. The second kappa shape index (κ2) is 9.72. The summed E-state index contributed by atoms with van der Waals surface area (Å²) in [6.07, 6.45) is 0.685. The number of anilines is 1. The number of nitrogens with two attached hydrogens (primary N) is 1. The maximum Gasteiger partial charge on any atom is 0.751 e. The quantitative estimate of drug-likeness (QED) is 0.109. The van der Waals surface area contributed by atoms with Crippen LogP contribution in [0, 0.1) is 0 Å². The van der Waals surface area contributed by atoms with Gasteiger partial charge < -0.3 is 26.1 Å². The number of nitrogen functional groups attached to an aromatic ring is 1. The average molecular weight is 479 g/mol. The number of carboxylic acids is 1. The number of aromatic nitrogens is 1. The molecule has 1 aliphatic rings. The van der Waals surface area contributed by atoms with Crippen molar-refractivity contribution < 1.29 is 43.1 Å². The molecule has 0 aromatic carbocycles. The van der Waals surface area contributed by atoms with Crippen molar-refractivity contribution in [2.75, 3.05) is 18.9 Å². The Kier molecular flexibility index (Phi) is 7.75. The summed E-state index contributed by atoms with van der Waals surface area (Å²) in [5.41, 5.74) is 3.98. The fraction of sp³-hybridized carbons (Fsp3) is 0.533. The van der Waals surface area contributed by atoms with Crippen LogP contribution in [0.1, 0.15) is 20.8 Å². The van der Waals surface area contributed by atoms with Crippen molar-refractivity contribution in [2.24, 2.45) is 5.16 Å². The second-order valence-corrected chi connectivity index (χ2v) is 8.53. The van der Waals surface area contributed by atoms with Crippen molar-refractivity contribution >= 4 is 54.5 Å². The Morgan fingerprint density at radius 3 is 2.71 bits per heavy atom. The van der Waals surface area contributed by atoms with E-state index in [0.29, 0.717) is 6.21 Å². The van der Waals surface area contributed by atoms with Crippen molar-refractivity contribution in [1.82, 2.24) is 14.9 Å². The molecule has 1 aliphatic heterocycles. The molecule has 1 saturated heterocycles. The van der Waals surface area contributed by atoms with Gasteiger partial charge in [0.05, 0.1) is 12.0 Å². The van der Waals surface area contributed by atoms with Crippen LogP contribution >= 0.6 is 19.6 Å². The first-order valence-electron chi connectivity index (χ1n) is 8.76. The van der Waals surface area contributed by atoms with Gasteiger partial charge in [-0.3, -0.25) is 4.79 Å². The Morgan fingerprint density at radius 2 is 2.19 bits per heavy atom. The summed E-state index contributed by atoms with van der Waals surface area (Å²) in [4.78, 5) is 44.7. The highest BCUT2D eigenvalue weighted by Gasteiger charge is 2.72. The van der Waals surface area contributed by atoms with E-state index in [1.165, 1.54) is 26.2 Å². The molecule has 16 heteroatoms. The monoisotopic (exact) mass is 479 g/mol. The molecule has 2 rings (SSSR count). The number of hydrogen-bond donors (Lipinski definition) is 4. The number of carbonyl (C=O) groups excluding carboxylic acids is 2. The van der Waals surface area contributed by atoms with E-state index in [0.717, 1.165) is 11.3 Å². The first-order chi connectivity index (χ1) is 14.5. The van der Waals surface area contributed by atoms with Gasteiger partial charge in [0.15, 0.2) is 11.2 Å². The number of aliphatic hydroxyl groups excluding tert-OH is 1. The number of carboxylic acid groups (broad SMARTS) is 1. The number of β-lactam (4-membered cyclic amide) rings is 1. The first-order valence-corrected chi connectivity index (χ1v) is 10.7. The third-order valence-electron chi connectivity index (χ3n) is 4.25. The maximum atomic E-state index is 12.9. The van der Waals surface area contributed by atoms with E-state index >= 15 is 0 Å². The molecule has 5 N–H and O–H groups in total. The molecular weight excluding hydrogens is 457 g/mol. The molecule has 0 saturated carbocycles. The van der Waals surface area contributed by atoms with Crippen LogP contribution in [0.15, 0.2) is 10.5 Å². The molecule has 170 valence electrons. The minimum absolute atomic E-state index is 0.0571. The molecule has 0 spiro atoms.